The SMILES string of the molecule is CC1(C)Cc2c(-c3cc(NC(=O)Cc4cccc(N)c4)ncc3Cl)cc(C#N)n2C1. The van der Waals surface area contributed by atoms with Crippen molar-refractivity contribution in [3.63, 3.8) is 0 Å². The number of benzene rings is 1. The summed E-state index contributed by atoms with van der Waals surface area (Å²) in [4.78, 5) is 16.7. The largest absolute Gasteiger partial charge is 0.399 e. The topological polar surface area (TPSA) is 96.7 Å². The van der Waals surface area contributed by atoms with Gasteiger partial charge in [-0.2, -0.15) is 5.26 Å². The molecule has 3 N–H and O–H groups in total. The minimum Gasteiger partial charge on any atom is -0.399 e. The van der Waals surface area contributed by atoms with Crippen LogP contribution in [0.1, 0.15) is 30.8 Å². The second kappa shape index (κ2) is 7.51. The first-order valence-electron chi connectivity index (χ1n) is 9.68. The quantitative estimate of drug-likeness (QED) is 0.611. The molecule has 0 spiro atoms. The summed E-state index contributed by atoms with van der Waals surface area (Å²) in [5.74, 6) is 0.223. The van der Waals surface area contributed by atoms with Crippen molar-refractivity contribution >= 4 is 29.0 Å². The molecule has 1 aliphatic heterocycles. The van der Waals surface area contributed by atoms with Crippen LogP contribution in [0.5, 0.6) is 0 Å². The number of hydrogen-bond donors (Lipinski definition) is 2. The number of halogens is 1. The second-order valence-corrected chi connectivity index (χ2v) is 8.86. The summed E-state index contributed by atoms with van der Waals surface area (Å²) in [6.45, 7) is 5.15. The summed E-state index contributed by atoms with van der Waals surface area (Å²) in [6.07, 6.45) is 2.57. The standard InChI is InChI=1S/C23H22ClN5O/c1-23(2)10-20-18(8-16(11-25)29(20)13-23)17-9-21(27-12-19(17)24)28-22(30)7-14-4-3-5-15(26)6-14/h3-6,8-9,12H,7,10,13,26H2,1-2H3,(H,27,28,30). The molecule has 0 saturated heterocycles. The van der Waals surface area contributed by atoms with Gasteiger partial charge in [-0.05, 0) is 41.7 Å². The van der Waals surface area contributed by atoms with Crippen LogP contribution in [0.15, 0.2) is 42.6 Å². The van der Waals surface area contributed by atoms with Gasteiger partial charge in [-0.15, -0.1) is 0 Å². The van der Waals surface area contributed by atoms with Crippen molar-refractivity contribution in [3.05, 3.63) is 64.6 Å². The number of nitrogen functional groups attached to an aromatic ring is 1. The van der Waals surface area contributed by atoms with E-state index in [2.05, 4.69) is 34.8 Å². The van der Waals surface area contributed by atoms with Crippen LogP contribution in [0.4, 0.5) is 11.5 Å². The van der Waals surface area contributed by atoms with E-state index in [0.717, 1.165) is 35.3 Å². The Balaban J connectivity index is 1.62. The molecule has 2 aromatic heterocycles. The third kappa shape index (κ3) is 3.89. The Morgan fingerprint density at radius 3 is 2.87 bits per heavy atom. The molecule has 0 saturated carbocycles. The van der Waals surface area contributed by atoms with E-state index in [4.69, 9.17) is 17.3 Å². The highest BCUT2D eigenvalue weighted by molar-refractivity contribution is 6.33. The van der Waals surface area contributed by atoms with Crippen LogP contribution in [0.3, 0.4) is 0 Å². The molecule has 0 unspecified atom stereocenters. The van der Waals surface area contributed by atoms with Gasteiger partial charge in [0.15, 0.2) is 0 Å². The second-order valence-electron chi connectivity index (χ2n) is 8.45. The van der Waals surface area contributed by atoms with Crippen LogP contribution in [0.2, 0.25) is 5.02 Å². The van der Waals surface area contributed by atoms with Crippen molar-refractivity contribution in [2.45, 2.75) is 33.2 Å². The molecule has 152 valence electrons. The lowest BCUT2D eigenvalue weighted by molar-refractivity contribution is -0.115. The molecule has 0 bridgehead atoms. The van der Waals surface area contributed by atoms with Gasteiger partial charge in [0.2, 0.25) is 5.91 Å². The van der Waals surface area contributed by atoms with Crippen molar-refractivity contribution in [1.82, 2.24) is 9.55 Å². The Morgan fingerprint density at radius 2 is 2.13 bits per heavy atom. The maximum Gasteiger partial charge on any atom is 0.229 e. The molecule has 3 heterocycles. The lowest BCUT2D eigenvalue weighted by Crippen LogP contribution is -2.15. The maximum atomic E-state index is 12.5. The predicted molar refractivity (Wildman–Crippen MR) is 118 cm³/mol. The van der Waals surface area contributed by atoms with Crippen LogP contribution in [-0.4, -0.2) is 15.5 Å². The predicted octanol–water partition coefficient (Wildman–Crippen LogP) is 4.42. The zero-order valence-corrected chi connectivity index (χ0v) is 17.6. The number of nitriles is 1. The fourth-order valence-electron chi connectivity index (χ4n) is 4.01. The summed E-state index contributed by atoms with van der Waals surface area (Å²) in [7, 11) is 0. The Bertz CT molecular complexity index is 1190. The Hall–Kier alpha value is -3.30. The number of fused-ring (bicyclic) bond motifs is 1. The van der Waals surface area contributed by atoms with Crippen LogP contribution in [-0.2, 0) is 24.2 Å². The smallest absolute Gasteiger partial charge is 0.229 e. The number of nitrogens with two attached hydrogens (primary N) is 1. The molecule has 0 aliphatic carbocycles. The summed E-state index contributed by atoms with van der Waals surface area (Å²) >= 11 is 6.46. The zero-order chi connectivity index (χ0) is 21.5. The normalized spacial score (nSPS) is 14.2. The van der Waals surface area contributed by atoms with Gasteiger partial charge in [-0.25, -0.2) is 4.98 Å². The molecule has 0 fully saturated rings. The van der Waals surface area contributed by atoms with E-state index in [9.17, 15) is 10.1 Å². The Labute approximate surface area is 180 Å². The van der Waals surface area contributed by atoms with Crippen molar-refractivity contribution in [2.24, 2.45) is 5.41 Å². The zero-order valence-electron chi connectivity index (χ0n) is 16.9. The van der Waals surface area contributed by atoms with Crippen LogP contribution < -0.4 is 11.1 Å². The lowest BCUT2D eigenvalue weighted by Gasteiger charge is -2.15. The summed E-state index contributed by atoms with van der Waals surface area (Å²) < 4.78 is 2.06. The van der Waals surface area contributed by atoms with Crippen molar-refractivity contribution in [3.8, 4) is 17.2 Å². The van der Waals surface area contributed by atoms with Gasteiger partial charge in [-0.3, -0.25) is 4.79 Å². The average Bonchev–Trinajstić information content (AvgIpc) is 3.16. The molecule has 0 radical (unpaired) electrons. The molecule has 1 aliphatic rings. The number of hydrogen-bond acceptors (Lipinski definition) is 4. The first-order valence-corrected chi connectivity index (χ1v) is 10.1. The number of aromatic nitrogens is 2. The first-order chi connectivity index (χ1) is 14.3. The average molecular weight is 420 g/mol. The van der Waals surface area contributed by atoms with Crippen molar-refractivity contribution < 1.29 is 4.79 Å². The first kappa shape index (κ1) is 20.0. The van der Waals surface area contributed by atoms with Gasteiger partial charge < -0.3 is 15.6 Å². The third-order valence-electron chi connectivity index (χ3n) is 5.28. The number of nitrogens with one attached hydrogen (secondary N) is 1. The van der Waals surface area contributed by atoms with E-state index < -0.39 is 0 Å². The molecule has 6 nitrogen and oxygen atoms in total. The molecular weight excluding hydrogens is 398 g/mol. The molecule has 0 atom stereocenters. The minimum atomic E-state index is -0.192. The number of rotatable bonds is 4. The summed E-state index contributed by atoms with van der Waals surface area (Å²) in [5.41, 5.74) is 10.7. The van der Waals surface area contributed by atoms with Crippen LogP contribution in [0, 0.1) is 16.7 Å². The minimum absolute atomic E-state index is 0.0744. The summed E-state index contributed by atoms with van der Waals surface area (Å²) in [5, 5.41) is 12.9. The molecule has 1 aromatic carbocycles. The summed E-state index contributed by atoms with van der Waals surface area (Å²) in [6, 6.07) is 13.1. The third-order valence-corrected chi connectivity index (χ3v) is 5.59. The van der Waals surface area contributed by atoms with E-state index >= 15 is 0 Å². The molecule has 30 heavy (non-hydrogen) atoms. The fourth-order valence-corrected chi connectivity index (χ4v) is 4.22. The number of carbonyl (C=O) groups is 1. The van der Waals surface area contributed by atoms with Crippen molar-refractivity contribution in [1.29, 1.82) is 5.26 Å². The highest BCUT2D eigenvalue weighted by atomic mass is 35.5. The molecule has 3 aromatic rings. The number of anilines is 2. The van der Waals surface area contributed by atoms with E-state index in [1.807, 2.05) is 18.2 Å². The fraction of sp³-hybridized carbons (Fsp3) is 0.261. The maximum absolute atomic E-state index is 12.5. The van der Waals surface area contributed by atoms with Gasteiger partial charge in [0.1, 0.15) is 17.6 Å². The van der Waals surface area contributed by atoms with Gasteiger partial charge in [-0.1, -0.05) is 37.6 Å². The molecular formula is C23H22ClN5O. The number of pyridine rings is 1. The van der Waals surface area contributed by atoms with Crippen LogP contribution in [0.25, 0.3) is 11.1 Å². The van der Waals surface area contributed by atoms with E-state index in [1.54, 1.807) is 18.2 Å². The number of nitrogens with zero attached hydrogens (tertiary/aromatic N) is 3. The monoisotopic (exact) mass is 419 g/mol. The van der Waals surface area contributed by atoms with Crippen LogP contribution >= 0.6 is 11.6 Å². The van der Waals surface area contributed by atoms with Gasteiger partial charge >= 0.3 is 0 Å². The highest BCUT2D eigenvalue weighted by Gasteiger charge is 2.33. The van der Waals surface area contributed by atoms with E-state index in [0.29, 0.717) is 22.2 Å². The Morgan fingerprint density at radius 1 is 1.33 bits per heavy atom. The number of carbonyl (C=O) groups excluding carboxylic acids is 1. The lowest BCUT2D eigenvalue weighted by atomic mass is 9.89. The molecule has 4 rings (SSSR count). The van der Waals surface area contributed by atoms with Crippen molar-refractivity contribution in [2.75, 3.05) is 11.1 Å². The molecule has 1 amide bonds. The Kier molecular flexibility index (Phi) is 5.00. The highest BCUT2D eigenvalue weighted by Crippen LogP contribution is 2.41. The van der Waals surface area contributed by atoms with E-state index in [-0.39, 0.29) is 17.7 Å². The van der Waals surface area contributed by atoms with E-state index in [1.165, 1.54) is 6.20 Å². The number of amides is 1. The van der Waals surface area contributed by atoms with Gasteiger partial charge in [0.05, 0.1) is 11.4 Å². The molecule has 7 heteroatoms. The van der Waals surface area contributed by atoms with Gasteiger partial charge in [0, 0.05) is 35.2 Å². The van der Waals surface area contributed by atoms with Gasteiger partial charge in [0.25, 0.3) is 0 Å².